The molecule has 1 aliphatic heterocycles. The zero-order chi connectivity index (χ0) is 18.0. The van der Waals surface area contributed by atoms with Gasteiger partial charge in [-0.3, -0.25) is 10.5 Å². The third kappa shape index (κ3) is 4.68. The fourth-order valence-corrected chi connectivity index (χ4v) is 3.19. The minimum atomic E-state index is 0. The van der Waals surface area contributed by atoms with Crippen molar-refractivity contribution in [3.63, 3.8) is 0 Å². The molecule has 1 saturated heterocycles. The second kappa shape index (κ2) is 9.34. The van der Waals surface area contributed by atoms with Gasteiger partial charge in [0.25, 0.3) is 0 Å². The Hall–Kier alpha value is -0.904. The quantitative estimate of drug-likeness (QED) is 0.559. The summed E-state index contributed by atoms with van der Waals surface area (Å²) in [6, 6.07) is 5.66. The topological polar surface area (TPSA) is 88.3 Å². The van der Waals surface area contributed by atoms with Crippen LogP contribution < -0.4 is 56.1 Å². The molecule has 1 fully saturated rings. The molecular weight excluding hydrogens is 357 g/mol. The van der Waals surface area contributed by atoms with Gasteiger partial charge in [0.15, 0.2) is 0 Å². The van der Waals surface area contributed by atoms with Crippen molar-refractivity contribution in [2.45, 2.75) is 26.1 Å². The number of aromatic nitrogens is 2. The van der Waals surface area contributed by atoms with Gasteiger partial charge in [-0.15, -0.1) is 0 Å². The van der Waals surface area contributed by atoms with Crippen molar-refractivity contribution in [2.75, 3.05) is 27.2 Å². The van der Waals surface area contributed by atoms with Crippen molar-refractivity contribution in [1.82, 2.24) is 15.1 Å². The normalized spacial score (nSPS) is 20.6. The van der Waals surface area contributed by atoms with E-state index < -0.39 is 0 Å². The van der Waals surface area contributed by atoms with Crippen LogP contribution in [0.2, 0.25) is 0 Å². The molecule has 2 N–H and O–H groups in total. The predicted molar refractivity (Wildman–Crippen MR) is 98.4 cm³/mol. The number of hydrogen-bond donors (Lipinski definition) is 2. The number of nitrogens with one attached hydrogen (secondary N) is 2. The van der Waals surface area contributed by atoms with Gasteiger partial charge in [-0.25, -0.2) is 0 Å². The van der Waals surface area contributed by atoms with E-state index in [4.69, 9.17) is 14.9 Å². The molecule has 8 heteroatoms. The van der Waals surface area contributed by atoms with Gasteiger partial charge in [0, 0.05) is 5.39 Å². The number of nitrogens with zero attached hydrogens (tertiary/aromatic N) is 3. The van der Waals surface area contributed by atoms with Gasteiger partial charge in [-0.1, -0.05) is 12.9 Å². The maximum Gasteiger partial charge on any atom is 1.00 e. The Balaban J connectivity index is 0.00000243. The Morgan fingerprint density at radius 2 is 2.08 bits per heavy atom. The van der Waals surface area contributed by atoms with Gasteiger partial charge in [0.05, 0.1) is 30.5 Å². The third-order valence-corrected chi connectivity index (χ3v) is 4.27. The van der Waals surface area contributed by atoms with Crippen LogP contribution in [-0.4, -0.2) is 60.3 Å². The van der Waals surface area contributed by atoms with Gasteiger partial charge >= 0.3 is 51.4 Å². The zero-order valence-corrected chi connectivity index (χ0v) is 19.2. The Kier molecular flexibility index (Phi) is 7.69. The number of aromatic amines is 1. The first-order valence-electron chi connectivity index (χ1n) is 8.34. The molecule has 3 rings (SSSR count). The molecule has 1 aromatic carbocycles. The van der Waals surface area contributed by atoms with Gasteiger partial charge in [-0.05, 0) is 51.2 Å². The molecule has 0 radical (unpaired) electrons. The molecule has 134 valence electrons. The van der Waals surface area contributed by atoms with Crippen LogP contribution in [0.1, 0.15) is 19.5 Å². The molecule has 26 heavy (non-hydrogen) atoms. The summed E-state index contributed by atoms with van der Waals surface area (Å²) in [6.07, 6.45) is 2.04. The van der Waals surface area contributed by atoms with Crippen LogP contribution in [0.25, 0.3) is 16.2 Å². The Bertz CT molecular complexity index is 794. The number of fused-ring (bicyclic) bond motifs is 1. The van der Waals surface area contributed by atoms with Crippen molar-refractivity contribution in [2.24, 2.45) is 0 Å². The largest absolute Gasteiger partial charge is 1.00 e. The number of H-pyrrole nitrogens is 1. The van der Waals surface area contributed by atoms with E-state index in [-0.39, 0.29) is 63.6 Å². The Morgan fingerprint density at radius 3 is 2.69 bits per heavy atom. The predicted octanol–water partition coefficient (Wildman–Crippen LogP) is -0.103. The van der Waals surface area contributed by atoms with Crippen molar-refractivity contribution in [3.8, 4) is 5.75 Å². The van der Waals surface area contributed by atoms with Crippen LogP contribution in [0, 0.1) is 5.41 Å². The molecule has 2 aromatic rings. The van der Waals surface area contributed by atoms with Crippen molar-refractivity contribution < 1.29 is 60.9 Å². The third-order valence-electron chi connectivity index (χ3n) is 4.27. The number of hydrogen-bond acceptors (Lipinski definition) is 5. The first-order valence-corrected chi connectivity index (χ1v) is 8.34. The molecule has 2 heterocycles. The van der Waals surface area contributed by atoms with Gasteiger partial charge in [0.2, 0.25) is 0 Å². The minimum absolute atomic E-state index is 0. The van der Waals surface area contributed by atoms with Crippen molar-refractivity contribution in [3.05, 3.63) is 41.1 Å². The van der Waals surface area contributed by atoms with Gasteiger partial charge < -0.3 is 19.7 Å². The summed E-state index contributed by atoms with van der Waals surface area (Å²) >= 11 is 0. The molecule has 0 spiro atoms. The Labute approximate surface area is 196 Å². The SMILES string of the molecule is C[N-]/C(=C\C(=N)c1n[nH]c2ccc(OC)cc12)N1CC(C)OC(C)C1.[K+]. The van der Waals surface area contributed by atoms with E-state index in [1.54, 1.807) is 20.2 Å². The average molecular weight is 382 g/mol. The van der Waals surface area contributed by atoms with Crippen LogP contribution in [-0.2, 0) is 4.74 Å². The maximum atomic E-state index is 8.49. The smallest absolute Gasteiger partial charge is 0.497 e. The number of morpholine rings is 1. The van der Waals surface area contributed by atoms with E-state index >= 15 is 0 Å². The number of benzene rings is 1. The maximum absolute atomic E-state index is 8.49. The molecule has 7 nitrogen and oxygen atoms in total. The van der Waals surface area contributed by atoms with Crippen molar-refractivity contribution >= 4 is 16.6 Å². The molecule has 1 aromatic heterocycles. The van der Waals surface area contributed by atoms with E-state index in [1.165, 1.54) is 0 Å². The number of ether oxygens (including phenoxy) is 2. The van der Waals surface area contributed by atoms with Crippen LogP contribution in [0.5, 0.6) is 5.75 Å². The zero-order valence-electron chi connectivity index (χ0n) is 16.0. The van der Waals surface area contributed by atoms with E-state index in [9.17, 15) is 0 Å². The first kappa shape index (κ1) is 21.4. The van der Waals surface area contributed by atoms with Crippen LogP contribution in [0.4, 0.5) is 0 Å². The summed E-state index contributed by atoms with van der Waals surface area (Å²) in [5.74, 6) is 1.51. The molecule has 0 bridgehead atoms. The molecule has 0 amide bonds. The second-order valence-electron chi connectivity index (χ2n) is 6.29. The van der Waals surface area contributed by atoms with E-state index in [2.05, 4.69) is 34.3 Å². The average Bonchev–Trinajstić information content (AvgIpc) is 3.01. The van der Waals surface area contributed by atoms with Crippen LogP contribution >= 0.6 is 0 Å². The van der Waals surface area contributed by atoms with Crippen LogP contribution in [0.15, 0.2) is 30.1 Å². The second-order valence-corrected chi connectivity index (χ2v) is 6.29. The summed E-state index contributed by atoms with van der Waals surface area (Å²) in [4.78, 5) is 2.16. The molecule has 1 aliphatic rings. The fraction of sp³-hybridized carbons (Fsp3) is 0.444. The molecule has 0 saturated carbocycles. The number of rotatable bonds is 5. The van der Waals surface area contributed by atoms with Gasteiger partial charge in [-0.2, -0.15) is 5.10 Å². The number of methoxy groups -OCH3 is 1. The van der Waals surface area contributed by atoms with E-state index in [0.717, 1.165) is 35.6 Å². The fourth-order valence-electron chi connectivity index (χ4n) is 3.19. The molecular formula is C18H24KN5O2. The number of allylic oxidation sites excluding steroid dienone is 1. The monoisotopic (exact) mass is 381 g/mol. The standard InChI is InChI=1S/C18H24N5O2.K/c1-11-9-23(10-12(2)25-11)17(20-3)8-15(19)18-14-7-13(24-4)5-6-16(14)21-22-18;/h5-8,11-12,19H,9-10H2,1-4H3,(H,21,22);/q-1;+1/b17-8+,19-15?;. The summed E-state index contributed by atoms with van der Waals surface area (Å²) in [6.45, 7) is 5.62. The summed E-state index contributed by atoms with van der Waals surface area (Å²) in [7, 11) is 3.37. The van der Waals surface area contributed by atoms with Crippen molar-refractivity contribution in [1.29, 1.82) is 5.41 Å². The molecule has 2 atom stereocenters. The first-order chi connectivity index (χ1) is 12.0. The van der Waals surface area contributed by atoms with E-state index in [0.29, 0.717) is 11.4 Å². The summed E-state index contributed by atoms with van der Waals surface area (Å²) in [5, 5.41) is 21.0. The molecule has 0 aliphatic carbocycles. The summed E-state index contributed by atoms with van der Waals surface area (Å²) in [5.41, 5.74) is 1.77. The Morgan fingerprint density at radius 1 is 1.38 bits per heavy atom. The summed E-state index contributed by atoms with van der Waals surface area (Å²) < 4.78 is 11.1. The molecule has 2 unspecified atom stereocenters. The minimum Gasteiger partial charge on any atom is -0.497 e. The van der Waals surface area contributed by atoms with E-state index in [1.807, 2.05) is 18.2 Å². The van der Waals surface area contributed by atoms with Crippen LogP contribution in [0.3, 0.4) is 0 Å². The van der Waals surface area contributed by atoms with Gasteiger partial charge in [0.1, 0.15) is 11.4 Å².